The van der Waals surface area contributed by atoms with Crippen LogP contribution in [0, 0.1) is 0 Å². The number of rotatable bonds is 7. The van der Waals surface area contributed by atoms with Crippen LogP contribution >= 0.6 is 7.92 Å². The molecule has 2 saturated heterocycles. The molecule has 190 valence electrons. The van der Waals surface area contributed by atoms with Gasteiger partial charge in [0.15, 0.2) is 12.6 Å². The van der Waals surface area contributed by atoms with Crippen LogP contribution in [0.2, 0.25) is 0 Å². The monoisotopic (exact) mass is 673 g/mol. The van der Waals surface area contributed by atoms with E-state index in [1.54, 1.807) is 0 Å². The molecule has 0 aromatic heterocycles. The van der Waals surface area contributed by atoms with Crippen LogP contribution in [-0.2, 0) is 49.2 Å². The number of aliphatic hydroxyl groups is 7. The summed E-state index contributed by atoms with van der Waals surface area (Å²) in [6.07, 6.45) is -10.4. The molecule has 0 saturated carbocycles. The van der Waals surface area contributed by atoms with Gasteiger partial charge in [0.25, 0.3) is 0 Å². The van der Waals surface area contributed by atoms with Gasteiger partial charge in [0.2, 0.25) is 0 Å². The topological polar surface area (TPSA) is 169 Å². The molecule has 4 unspecified atom stereocenters. The molecule has 0 radical (unpaired) electrons. The number of hydrogen-bond acceptors (Lipinski definition) is 11. The smallest absolute Gasteiger partial charge is 0.790 e. The summed E-state index contributed by atoms with van der Waals surface area (Å²) in [7, 11) is 0.137. The molecule has 2 fully saturated rings. The van der Waals surface area contributed by atoms with Gasteiger partial charge in [-0.15, -0.1) is 5.75 Å². The molecule has 2 aliphatic rings. The Bertz CT molecular complexity index is 437. The van der Waals surface area contributed by atoms with E-state index in [4.69, 9.17) is 31.9 Å². The first-order valence-corrected chi connectivity index (χ1v) is 12.9. The average Bonchev–Trinajstić information content (AvgIpc) is 2.75. The van der Waals surface area contributed by atoms with Crippen LogP contribution in [-0.4, -0.2) is 128 Å². The molecule has 0 aliphatic carbocycles. The van der Waals surface area contributed by atoms with Crippen LogP contribution < -0.4 is 0 Å². The van der Waals surface area contributed by atoms with Crippen molar-refractivity contribution in [3.05, 3.63) is 0 Å². The Labute approximate surface area is 205 Å². The normalized spacial score (nSPS) is 40.6. The van der Waals surface area contributed by atoms with E-state index >= 15 is 0 Å². The van der Waals surface area contributed by atoms with Gasteiger partial charge >= 0.3 is 22.4 Å². The molecule has 2 heterocycles. The Hall–Kier alpha value is 1.12. The van der Waals surface area contributed by atoms with E-state index in [1.807, 2.05) is 0 Å². The fraction of sp³-hybridized carbons (Fsp3) is 1.00. The molecular weight excluding hydrogens is 636 g/mol. The maximum atomic E-state index is 9.89. The zero-order chi connectivity index (χ0) is 23.0. The van der Waals surface area contributed by atoms with Crippen LogP contribution in [0.5, 0.6) is 0 Å². The molecule has 2 aliphatic heterocycles. The number of hydrogen-bond donors (Lipinski definition) is 7. The SMILES string of the molecule is CC[PH+](CC)CC.OCC1O[C@H](O[C@H]2OC(C[S-])[C@@H](O)[C@H](O)C2O)[C@H](O)C(O)[C@@H]1O.[Au+]. The predicted molar refractivity (Wildman–Crippen MR) is 114 cm³/mol. The van der Waals surface area contributed by atoms with Gasteiger partial charge in [0.1, 0.15) is 42.7 Å². The first-order valence-electron chi connectivity index (χ1n) is 10.2. The Morgan fingerprint density at radius 3 is 1.42 bits per heavy atom. The maximum Gasteiger partial charge on any atom is 1.00 e. The largest absolute Gasteiger partial charge is 1.00 e. The van der Waals surface area contributed by atoms with Crippen molar-refractivity contribution in [3.8, 4) is 0 Å². The van der Waals surface area contributed by atoms with E-state index in [0.717, 1.165) is 0 Å². The van der Waals surface area contributed by atoms with Crippen molar-refractivity contribution < 1.29 is 72.3 Å². The van der Waals surface area contributed by atoms with Gasteiger partial charge in [-0.3, -0.25) is 0 Å². The van der Waals surface area contributed by atoms with Crippen molar-refractivity contribution in [2.24, 2.45) is 0 Å². The van der Waals surface area contributed by atoms with Gasteiger partial charge in [-0.25, -0.2) is 0 Å². The molecule has 7 N–H and O–H groups in total. The Morgan fingerprint density at radius 2 is 1.10 bits per heavy atom. The van der Waals surface area contributed by atoms with Gasteiger partial charge < -0.3 is 62.6 Å². The van der Waals surface area contributed by atoms with Crippen LogP contribution in [0.25, 0.3) is 0 Å². The van der Waals surface area contributed by atoms with Crippen molar-refractivity contribution in [3.63, 3.8) is 0 Å². The fourth-order valence-electron chi connectivity index (χ4n) is 3.23. The molecule has 0 spiro atoms. The van der Waals surface area contributed by atoms with Crippen molar-refractivity contribution in [1.82, 2.24) is 0 Å². The van der Waals surface area contributed by atoms with E-state index in [-0.39, 0.29) is 36.1 Å². The molecule has 10 nitrogen and oxygen atoms in total. The predicted octanol–water partition coefficient (Wildman–Crippen LogP) is -2.58. The summed E-state index contributed by atoms with van der Waals surface area (Å²) in [4.78, 5) is 0. The molecule has 31 heavy (non-hydrogen) atoms. The Kier molecular flexibility index (Phi) is 16.5. The zero-order valence-corrected chi connectivity index (χ0v) is 21.9. The van der Waals surface area contributed by atoms with Crippen molar-refractivity contribution in [2.45, 2.75) is 82.2 Å². The van der Waals surface area contributed by atoms with Crippen LogP contribution in [0.1, 0.15) is 20.8 Å². The van der Waals surface area contributed by atoms with E-state index < -0.39 is 68.0 Å². The summed E-state index contributed by atoms with van der Waals surface area (Å²) in [5.41, 5.74) is 0. The van der Waals surface area contributed by atoms with Crippen LogP contribution in [0.4, 0.5) is 0 Å². The van der Waals surface area contributed by atoms with Crippen molar-refractivity contribution in [2.75, 3.05) is 30.8 Å². The van der Waals surface area contributed by atoms with Gasteiger partial charge in [-0.2, -0.15) is 0 Å². The minimum Gasteiger partial charge on any atom is -0.790 e. The molecule has 0 amide bonds. The minimum absolute atomic E-state index is 0. The summed E-state index contributed by atoms with van der Waals surface area (Å²) in [5.74, 6) is -0.0838. The average molecular weight is 673 g/mol. The quantitative estimate of drug-likeness (QED) is 0.0861. The molecule has 0 aromatic carbocycles. The van der Waals surface area contributed by atoms with Gasteiger partial charge in [-0.05, 0) is 28.7 Å². The van der Waals surface area contributed by atoms with E-state index in [0.29, 0.717) is 0 Å². The molecule has 0 aromatic rings. The molecule has 13 heteroatoms. The molecular formula is C18H37AuO10PS+. The standard InChI is InChI=1S/C12H22O10S.C6H15P.Au/c13-1-3-5(14)7(16)9(18)11(20-3)22-12-10(19)8(17)6(15)4(2-23)21-12;1-4-7(5-2)6-3;/h3-19,23H,1-2H2;4-6H2,1-3H3;/q;;+1/t3?,4?,5-,6-,7?,8+,9-,10?,11-,12-;;/m1../s1. The third-order valence-electron chi connectivity index (χ3n) is 5.45. The van der Waals surface area contributed by atoms with Crippen molar-refractivity contribution >= 4 is 20.6 Å². The molecule has 2 rings (SSSR count). The fourth-order valence-corrected chi connectivity index (χ4v) is 5.00. The first-order chi connectivity index (χ1) is 14.2. The number of aliphatic hydroxyl groups excluding tert-OH is 7. The second-order valence-corrected chi connectivity index (χ2v) is 11.3. The second-order valence-electron chi connectivity index (χ2n) is 7.33. The summed E-state index contributed by atoms with van der Waals surface area (Å²) < 4.78 is 15.6. The van der Waals surface area contributed by atoms with E-state index in [2.05, 4.69) is 20.8 Å². The van der Waals surface area contributed by atoms with Crippen LogP contribution in [0.15, 0.2) is 0 Å². The second kappa shape index (κ2) is 15.9. The third-order valence-corrected chi connectivity index (χ3v) is 8.78. The first kappa shape index (κ1) is 32.1. The van der Waals surface area contributed by atoms with Gasteiger partial charge in [-0.1, -0.05) is 0 Å². The summed E-state index contributed by atoms with van der Waals surface area (Å²) in [6.45, 7) is 6.28. The maximum absolute atomic E-state index is 9.89. The van der Waals surface area contributed by atoms with Crippen molar-refractivity contribution in [1.29, 1.82) is 0 Å². The van der Waals surface area contributed by atoms with Crippen LogP contribution in [0.3, 0.4) is 0 Å². The summed E-state index contributed by atoms with van der Waals surface area (Å²) >= 11 is 4.77. The Morgan fingerprint density at radius 1 is 0.710 bits per heavy atom. The molecule has 10 atom stereocenters. The third kappa shape index (κ3) is 8.69. The van der Waals surface area contributed by atoms with Gasteiger partial charge in [0, 0.05) is 0 Å². The summed E-state index contributed by atoms with van der Waals surface area (Å²) in [6, 6.07) is 0. The summed E-state index contributed by atoms with van der Waals surface area (Å²) in [5, 5.41) is 67.7. The Balaban J connectivity index is 0.000000975. The minimum atomic E-state index is -1.69. The zero-order valence-electron chi connectivity index (χ0n) is 17.9. The number of ether oxygens (including phenoxy) is 3. The van der Waals surface area contributed by atoms with E-state index in [9.17, 15) is 30.6 Å². The van der Waals surface area contributed by atoms with Gasteiger partial charge in [0.05, 0.1) is 31.2 Å². The molecule has 0 bridgehead atoms. The van der Waals surface area contributed by atoms with E-state index in [1.165, 1.54) is 18.5 Å².